The smallest absolute Gasteiger partial charge is 0.410 e. The van der Waals surface area contributed by atoms with Crippen LogP contribution in [0, 0.1) is 11.7 Å². The summed E-state index contributed by atoms with van der Waals surface area (Å²) < 4.78 is 93.8. The van der Waals surface area contributed by atoms with Gasteiger partial charge in [0.2, 0.25) is 21.8 Å². The molecule has 1 saturated heterocycles. The minimum Gasteiger partial charge on any atom is -0.450 e. The summed E-state index contributed by atoms with van der Waals surface area (Å²) in [5, 5.41) is 3.66. The number of alkyl carbamates (subject to hydrolysis) is 1. The number of nitrogens with zero attached hydrogens (tertiary/aromatic N) is 2. The molecule has 282 valence electrons. The maximum Gasteiger partial charge on any atom is 0.410 e. The van der Waals surface area contributed by atoms with E-state index in [4.69, 9.17) is 9.47 Å². The van der Waals surface area contributed by atoms with E-state index in [-0.39, 0.29) is 38.1 Å². The number of carbonyl (C=O) groups is 5. The Hall–Kier alpha value is -4.68. The molecule has 3 heterocycles. The highest BCUT2D eigenvalue weighted by Crippen LogP contribution is 2.45. The van der Waals surface area contributed by atoms with Crippen LogP contribution in [0.2, 0.25) is 0 Å². The number of alkyl halides is 3. The first-order valence-corrected chi connectivity index (χ1v) is 18.3. The van der Waals surface area contributed by atoms with Gasteiger partial charge in [0.15, 0.2) is 0 Å². The highest BCUT2D eigenvalue weighted by Gasteiger charge is 2.62. The van der Waals surface area contributed by atoms with Crippen LogP contribution in [-0.4, -0.2) is 96.4 Å². The van der Waals surface area contributed by atoms with Gasteiger partial charge in [-0.1, -0.05) is 24.3 Å². The van der Waals surface area contributed by atoms with Crippen LogP contribution in [0.3, 0.4) is 0 Å². The Morgan fingerprint density at radius 2 is 1.87 bits per heavy atom. The van der Waals surface area contributed by atoms with Gasteiger partial charge in [-0.05, 0) is 49.3 Å². The number of cyclic esters (lactones) is 1. The van der Waals surface area contributed by atoms with Gasteiger partial charge in [0, 0.05) is 17.9 Å². The van der Waals surface area contributed by atoms with Gasteiger partial charge in [-0.3, -0.25) is 24.0 Å². The van der Waals surface area contributed by atoms with Gasteiger partial charge >= 0.3 is 18.4 Å². The number of hydrogen-bond acceptors (Lipinski definition) is 9. The molecule has 1 aromatic rings. The number of allylic oxidation sites excluding steroid dienone is 1. The topological polar surface area (TPSA) is 181 Å². The van der Waals surface area contributed by atoms with Gasteiger partial charge in [-0.25, -0.2) is 22.4 Å². The second-order valence-electron chi connectivity index (χ2n) is 13.6. The molecule has 2 saturated carbocycles. The highest BCUT2D eigenvalue weighted by atomic mass is 32.2. The maximum atomic E-state index is 14.8. The Labute approximate surface area is 296 Å². The molecule has 6 rings (SSSR count). The van der Waals surface area contributed by atoms with E-state index in [0.29, 0.717) is 30.4 Å². The van der Waals surface area contributed by atoms with Crippen molar-refractivity contribution in [3.05, 3.63) is 53.4 Å². The zero-order valence-electron chi connectivity index (χ0n) is 27.7. The van der Waals surface area contributed by atoms with E-state index in [1.807, 2.05) is 10.0 Å². The van der Waals surface area contributed by atoms with Crippen molar-refractivity contribution in [1.82, 2.24) is 25.2 Å². The van der Waals surface area contributed by atoms with Crippen LogP contribution in [-0.2, 0) is 47.0 Å². The van der Waals surface area contributed by atoms with Crippen molar-refractivity contribution < 1.29 is 59.4 Å². The number of halogens is 4. The lowest BCUT2D eigenvalue weighted by molar-refractivity contribution is -0.155. The SMILES string of the molecule is C=C[C@@H]1C[C@]1(NC(=O)[C@@H]1C[C@@H]2CN1C(=O)[C@H](CC(F)(F)F)NC(=O)OCCCC=Cc1ccc(F)c3c1CN(C3)C(=O)O2)C(=O)NS(=O)(=O)C1CC1. The van der Waals surface area contributed by atoms with E-state index < -0.39 is 106 Å². The van der Waals surface area contributed by atoms with Crippen LogP contribution in [0.1, 0.15) is 61.6 Å². The molecule has 5 amide bonds. The quantitative estimate of drug-likeness (QED) is 0.279. The Morgan fingerprint density at radius 1 is 1.13 bits per heavy atom. The summed E-state index contributed by atoms with van der Waals surface area (Å²) in [5.74, 6) is -4.70. The molecule has 2 aliphatic carbocycles. The summed E-state index contributed by atoms with van der Waals surface area (Å²) >= 11 is 0. The van der Waals surface area contributed by atoms with Gasteiger partial charge in [0.25, 0.3) is 5.91 Å². The molecule has 1 aromatic carbocycles. The number of fused-ring (bicyclic) bond motifs is 3. The lowest BCUT2D eigenvalue weighted by Gasteiger charge is -2.30. The molecule has 0 spiro atoms. The molecule has 3 fully saturated rings. The number of nitrogens with one attached hydrogen (secondary N) is 3. The third-order valence-corrected chi connectivity index (χ3v) is 11.6. The Morgan fingerprint density at radius 3 is 2.54 bits per heavy atom. The summed E-state index contributed by atoms with van der Waals surface area (Å²) in [4.78, 5) is 68.9. The van der Waals surface area contributed by atoms with E-state index >= 15 is 0 Å². The van der Waals surface area contributed by atoms with Gasteiger partial charge < -0.3 is 25.0 Å². The molecule has 0 unspecified atom stereocenters. The number of benzene rings is 1. The minimum atomic E-state index is -4.96. The third kappa shape index (κ3) is 7.88. The van der Waals surface area contributed by atoms with E-state index in [9.17, 15) is 50.0 Å². The standard InChI is InChI=1S/C33H37F4N5O9S/c1-2-19-13-32(19,29(45)40-52(48,49)21-8-9-21)39-27(43)26-12-20-15-42(26)28(44)25(14-33(35,36)37)38-30(46)50-11-5-3-4-6-18-7-10-24(34)23-17-41(16-22(18)23)31(47)51-20/h2,4,6-7,10,19-21,25-26H,1,3,5,8-9,11-17H2,(H,38,46)(H,39,43)(H,40,45)/t19-,20-,25+,26+,32-/m1/s1. The third-order valence-electron chi connectivity index (χ3n) is 9.80. The summed E-state index contributed by atoms with van der Waals surface area (Å²) in [6.45, 7) is 2.63. The Balaban J connectivity index is 1.28. The van der Waals surface area contributed by atoms with E-state index in [0.717, 1.165) is 4.90 Å². The molecule has 19 heteroatoms. The number of hydrogen-bond donors (Lipinski definition) is 3. The molecule has 0 radical (unpaired) electrons. The number of ether oxygens (including phenoxy) is 2. The van der Waals surface area contributed by atoms with Gasteiger partial charge in [0.05, 0.1) is 37.9 Å². The molecule has 3 N–H and O–H groups in total. The van der Waals surface area contributed by atoms with Crippen molar-refractivity contribution in [3.8, 4) is 0 Å². The first-order valence-electron chi connectivity index (χ1n) is 16.7. The molecular weight excluding hydrogens is 718 g/mol. The number of rotatable bonds is 7. The van der Waals surface area contributed by atoms with Crippen LogP contribution in [0.5, 0.6) is 0 Å². The van der Waals surface area contributed by atoms with Gasteiger partial charge in [-0.15, -0.1) is 6.58 Å². The number of carbonyl (C=O) groups excluding carboxylic acids is 5. The summed E-state index contributed by atoms with van der Waals surface area (Å²) in [5.41, 5.74) is -0.364. The van der Waals surface area contributed by atoms with Crippen molar-refractivity contribution >= 4 is 46.0 Å². The lowest BCUT2D eigenvalue weighted by Crippen LogP contribution is -2.58. The fourth-order valence-electron chi connectivity index (χ4n) is 6.77. The molecule has 52 heavy (non-hydrogen) atoms. The molecule has 3 aliphatic heterocycles. The molecule has 5 aliphatic rings. The zero-order chi connectivity index (χ0) is 37.6. The first-order chi connectivity index (χ1) is 24.5. The number of sulfonamides is 1. The van der Waals surface area contributed by atoms with Crippen LogP contribution < -0.4 is 15.4 Å². The van der Waals surface area contributed by atoms with Crippen molar-refractivity contribution in [1.29, 1.82) is 0 Å². The Kier molecular flexibility index (Phi) is 10.0. The highest BCUT2D eigenvalue weighted by molar-refractivity contribution is 7.91. The monoisotopic (exact) mass is 755 g/mol. The van der Waals surface area contributed by atoms with Crippen LogP contribution >= 0.6 is 0 Å². The van der Waals surface area contributed by atoms with Crippen molar-refractivity contribution in [3.63, 3.8) is 0 Å². The van der Waals surface area contributed by atoms with Crippen LogP contribution in [0.4, 0.5) is 27.2 Å². The van der Waals surface area contributed by atoms with Crippen molar-refractivity contribution in [2.45, 2.75) is 93.2 Å². The average Bonchev–Trinajstić information content (AvgIpc) is 3.96. The largest absolute Gasteiger partial charge is 0.450 e. The van der Waals surface area contributed by atoms with Crippen LogP contribution in [0.25, 0.3) is 6.08 Å². The molecular formula is C33H37F4N5O9S. The lowest BCUT2D eigenvalue weighted by atomic mass is 10.0. The number of amides is 5. The Bertz CT molecular complexity index is 1820. The average molecular weight is 756 g/mol. The minimum absolute atomic E-state index is 0.0373. The fourth-order valence-corrected chi connectivity index (χ4v) is 8.13. The molecule has 4 bridgehead atoms. The second-order valence-corrected chi connectivity index (χ2v) is 15.5. The predicted octanol–water partition coefficient (Wildman–Crippen LogP) is 2.77. The van der Waals surface area contributed by atoms with E-state index in [1.54, 1.807) is 18.2 Å². The first kappa shape index (κ1) is 37.1. The summed E-state index contributed by atoms with van der Waals surface area (Å²) in [6, 6.07) is -1.08. The van der Waals surface area contributed by atoms with E-state index in [2.05, 4.69) is 11.9 Å². The summed E-state index contributed by atoms with van der Waals surface area (Å²) in [7, 11) is -4.04. The fraction of sp³-hybridized carbons (Fsp3) is 0.545. The van der Waals surface area contributed by atoms with Gasteiger partial charge in [-0.2, -0.15) is 13.2 Å². The molecule has 0 aromatic heterocycles. The van der Waals surface area contributed by atoms with Gasteiger partial charge in [0.1, 0.15) is 29.5 Å². The molecule has 5 atom stereocenters. The van der Waals surface area contributed by atoms with Crippen molar-refractivity contribution in [2.75, 3.05) is 13.2 Å². The van der Waals surface area contributed by atoms with E-state index in [1.165, 1.54) is 17.0 Å². The van der Waals surface area contributed by atoms with Crippen LogP contribution in [0.15, 0.2) is 30.9 Å². The maximum absolute atomic E-state index is 14.8. The molecule has 14 nitrogen and oxygen atoms in total. The van der Waals surface area contributed by atoms with Crippen molar-refractivity contribution in [2.24, 2.45) is 5.92 Å². The normalized spacial score (nSPS) is 28.1. The summed E-state index contributed by atoms with van der Waals surface area (Å²) in [6.07, 6.45) is -4.72. The predicted molar refractivity (Wildman–Crippen MR) is 173 cm³/mol. The second kappa shape index (κ2) is 14.0. The zero-order valence-corrected chi connectivity index (χ0v) is 28.6.